The van der Waals surface area contributed by atoms with E-state index in [0.717, 1.165) is 0 Å². The highest BCUT2D eigenvalue weighted by Gasteiger charge is 2.34. The Kier molecular flexibility index (Phi) is 3.16. The first-order valence-corrected chi connectivity index (χ1v) is 5.96. The maximum Gasteiger partial charge on any atom is 0.294 e. The molecule has 0 radical (unpaired) electrons. The van der Waals surface area contributed by atoms with Crippen LogP contribution < -0.4 is 4.90 Å². The molecule has 94 valence electrons. The Morgan fingerprint density at radius 3 is 2.56 bits per heavy atom. The summed E-state index contributed by atoms with van der Waals surface area (Å²) in [6.45, 7) is 1.57. The number of halogens is 1. The molecule has 0 aliphatic carbocycles. The average Bonchev–Trinajstić information content (AvgIpc) is 2.56. The normalized spacial score (nSPS) is 15.3. The first-order chi connectivity index (χ1) is 8.40. The predicted octanol–water partition coefficient (Wildman–Crippen LogP) is 1.97. The SMILES string of the molecule is Cc1cc(Br)cc([N+](=O)[O-])c1N1CC(=O)CC1=O. The van der Waals surface area contributed by atoms with Crippen LogP contribution in [-0.4, -0.2) is 23.2 Å². The maximum absolute atomic E-state index is 11.7. The van der Waals surface area contributed by atoms with Crippen molar-refractivity contribution in [2.24, 2.45) is 0 Å². The van der Waals surface area contributed by atoms with Gasteiger partial charge in [-0.3, -0.25) is 24.6 Å². The number of amides is 1. The van der Waals surface area contributed by atoms with E-state index >= 15 is 0 Å². The molecule has 0 saturated carbocycles. The van der Waals surface area contributed by atoms with Gasteiger partial charge in [0.1, 0.15) is 5.69 Å². The van der Waals surface area contributed by atoms with Gasteiger partial charge in [0.05, 0.1) is 17.9 Å². The quantitative estimate of drug-likeness (QED) is 0.475. The molecular formula is C11H9BrN2O4. The van der Waals surface area contributed by atoms with E-state index in [1.54, 1.807) is 13.0 Å². The third-order valence-corrected chi connectivity index (χ3v) is 3.15. The van der Waals surface area contributed by atoms with E-state index in [9.17, 15) is 19.7 Å². The van der Waals surface area contributed by atoms with Crippen LogP contribution in [0.15, 0.2) is 16.6 Å². The molecule has 1 saturated heterocycles. The summed E-state index contributed by atoms with van der Waals surface area (Å²) >= 11 is 3.18. The highest BCUT2D eigenvalue weighted by atomic mass is 79.9. The molecule has 0 atom stereocenters. The van der Waals surface area contributed by atoms with E-state index in [0.29, 0.717) is 10.0 Å². The van der Waals surface area contributed by atoms with Crippen molar-refractivity contribution in [3.8, 4) is 0 Å². The molecule has 0 aromatic heterocycles. The van der Waals surface area contributed by atoms with Gasteiger partial charge >= 0.3 is 0 Å². The average molecular weight is 313 g/mol. The zero-order valence-corrected chi connectivity index (χ0v) is 11.1. The van der Waals surface area contributed by atoms with E-state index < -0.39 is 10.8 Å². The molecule has 6 nitrogen and oxygen atoms in total. The molecule has 1 aromatic rings. The summed E-state index contributed by atoms with van der Waals surface area (Å²) in [5.74, 6) is -0.620. The zero-order chi connectivity index (χ0) is 13.4. The van der Waals surface area contributed by atoms with Gasteiger partial charge in [-0.2, -0.15) is 0 Å². The fourth-order valence-electron chi connectivity index (χ4n) is 2.00. The summed E-state index contributed by atoms with van der Waals surface area (Å²) in [7, 11) is 0. The summed E-state index contributed by atoms with van der Waals surface area (Å²) in [5.41, 5.74) is 0.614. The number of carbonyl (C=O) groups excluding carboxylic acids is 2. The van der Waals surface area contributed by atoms with Crippen molar-refractivity contribution in [2.75, 3.05) is 11.4 Å². The number of ketones is 1. The number of anilines is 1. The van der Waals surface area contributed by atoms with Crippen molar-refractivity contribution < 1.29 is 14.5 Å². The third kappa shape index (κ3) is 2.13. The first-order valence-electron chi connectivity index (χ1n) is 5.16. The number of carbonyl (C=O) groups is 2. The smallest absolute Gasteiger partial charge is 0.294 e. The Morgan fingerprint density at radius 2 is 2.06 bits per heavy atom. The topological polar surface area (TPSA) is 80.5 Å². The van der Waals surface area contributed by atoms with Gasteiger partial charge < -0.3 is 0 Å². The molecule has 1 fully saturated rings. The van der Waals surface area contributed by atoms with E-state index in [4.69, 9.17) is 0 Å². The maximum atomic E-state index is 11.7. The summed E-state index contributed by atoms with van der Waals surface area (Å²) in [4.78, 5) is 34.6. The van der Waals surface area contributed by atoms with Gasteiger partial charge in [0.25, 0.3) is 5.69 Å². The van der Waals surface area contributed by atoms with Gasteiger partial charge in [0.15, 0.2) is 5.78 Å². The molecular weight excluding hydrogens is 304 g/mol. The number of hydrogen-bond donors (Lipinski definition) is 0. The molecule has 0 N–H and O–H groups in total. The number of nitrogens with zero attached hydrogens (tertiary/aromatic N) is 2. The predicted molar refractivity (Wildman–Crippen MR) is 67.5 cm³/mol. The lowest BCUT2D eigenvalue weighted by atomic mass is 10.1. The van der Waals surface area contributed by atoms with Crippen LogP contribution in [0.2, 0.25) is 0 Å². The van der Waals surface area contributed by atoms with E-state index in [-0.39, 0.29) is 30.1 Å². The minimum Gasteiger partial charge on any atom is -0.298 e. The zero-order valence-electron chi connectivity index (χ0n) is 9.47. The van der Waals surface area contributed by atoms with Crippen molar-refractivity contribution in [1.29, 1.82) is 0 Å². The number of nitro benzene ring substituents is 1. The van der Waals surface area contributed by atoms with Crippen LogP contribution in [0.1, 0.15) is 12.0 Å². The molecule has 0 unspecified atom stereocenters. The fourth-order valence-corrected chi connectivity index (χ4v) is 2.56. The molecule has 18 heavy (non-hydrogen) atoms. The Hall–Kier alpha value is -1.76. The van der Waals surface area contributed by atoms with E-state index in [1.165, 1.54) is 11.0 Å². The van der Waals surface area contributed by atoms with Crippen LogP contribution in [-0.2, 0) is 9.59 Å². The van der Waals surface area contributed by atoms with Crippen LogP contribution in [0.5, 0.6) is 0 Å². The fraction of sp³-hybridized carbons (Fsp3) is 0.273. The molecule has 1 heterocycles. The van der Waals surface area contributed by atoms with Crippen LogP contribution in [0, 0.1) is 17.0 Å². The minimum absolute atomic E-state index is 0.0951. The van der Waals surface area contributed by atoms with Crippen molar-refractivity contribution in [2.45, 2.75) is 13.3 Å². The molecule has 1 aromatic carbocycles. The van der Waals surface area contributed by atoms with Gasteiger partial charge in [0.2, 0.25) is 5.91 Å². The number of aryl methyl sites for hydroxylation is 1. The molecule has 7 heteroatoms. The van der Waals surface area contributed by atoms with Crippen molar-refractivity contribution in [1.82, 2.24) is 0 Å². The Bertz CT molecular complexity index is 570. The van der Waals surface area contributed by atoms with Crippen LogP contribution in [0.3, 0.4) is 0 Å². The molecule has 0 bridgehead atoms. The lowest BCUT2D eigenvalue weighted by Crippen LogP contribution is -2.26. The number of benzene rings is 1. The molecule has 1 amide bonds. The number of Topliss-reactive ketones (excluding diaryl/α,β-unsaturated/α-hetero) is 1. The van der Waals surface area contributed by atoms with Crippen molar-refractivity contribution in [3.05, 3.63) is 32.3 Å². The Labute approximate surface area is 111 Å². The second-order valence-corrected chi connectivity index (χ2v) is 4.96. The van der Waals surface area contributed by atoms with E-state index in [2.05, 4.69) is 15.9 Å². The summed E-state index contributed by atoms with van der Waals surface area (Å²) < 4.78 is 0.563. The van der Waals surface area contributed by atoms with Gasteiger partial charge in [-0.1, -0.05) is 15.9 Å². The summed E-state index contributed by atoms with van der Waals surface area (Å²) in [6, 6.07) is 3.01. The first kappa shape index (κ1) is 12.7. The van der Waals surface area contributed by atoms with Crippen LogP contribution in [0.4, 0.5) is 11.4 Å². The monoisotopic (exact) mass is 312 g/mol. The van der Waals surface area contributed by atoms with E-state index in [1.807, 2.05) is 0 Å². The van der Waals surface area contributed by atoms with Gasteiger partial charge in [-0.25, -0.2) is 0 Å². The van der Waals surface area contributed by atoms with Crippen molar-refractivity contribution in [3.63, 3.8) is 0 Å². The van der Waals surface area contributed by atoms with Gasteiger partial charge in [-0.15, -0.1) is 0 Å². The molecule has 2 rings (SSSR count). The number of nitro groups is 1. The second-order valence-electron chi connectivity index (χ2n) is 4.04. The number of hydrogen-bond acceptors (Lipinski definition) is 4. The minimum atomic E-state index is -0.552. The standard InChI is InChI=1S/C11H9BrN2O4/c1-6-2-7(12)3-9(14(17)18)11(6)13-5-8(15)4-10(13)16/h2-3H,4-5H2,1H3. The second kappa shape index (κ2) is 4.49. The van der Waals surface area contributed by atoms with Gasteiger partial charge in [-0.05, 0) is 18.6 Å². The molecule has 0 spiro atoms. The lowest BCUT2D eigenvalue weighted by molar-refractivity contribution is -0.384. The largest absolute Gasteiger partial charge is 0.298 e. The third-order valence-electron chi connectivity index (χ3n) is 2.70. The highest BCUT2D eigenvalue weighted by Crippen LogP contribution is 2.36. The Balaban J connectivity index is 2.59. The Morgan fingerprint density at radius 1 is 1.39 bits per heavy atom. The van der Waals surface area contributed by atoms with Gasteiger partial charge in [0, 0.05) is 10.5 Å². The molecule has 1 aliphatic rings. The molecule has 1 aliphatic heterocycles. The lowest BCUT2D eigenvalue weighted by Gasteiger charge is -2.17. The van der Waals surface area contributed by atoms with Crippen LogP contribution in [0.25, 0.3) is 0 Å². The van der Waals surface area contributed by atoms with Crippen LogP contribution >= 0.6 is 15.9 Å². The summed E-state index contributed by atoms with van der Waals surface area (Å²) in [6.07, 6.45) is -0.188. The number of rotatable bonds is 2. The van der Waals surface area contributed by atoms with Crippen molar-refractivity contribution >= 4 is 39.0 Å². The highest BCUT2D eigenvalue weighted by molar-refractivity contribution is 9.10. The summed E-state index contributed by atoms with van der Waals surface area (Å²) in [5, 5.41) is 11.0.